The van der Waals surface area contributed by atoms with Gasteiger partial charge in [0.05, 0.1) is 0 Å². The van der Waals surface area contributed by atoms with Crippen LogP contribution in [-0.2, 0) is 19.5 Å². The quantitative estimate of drug-likeness (QED) is 0.571. The molecule has 0 radical (unpaired) electrons. The molecule has 12 heavy (non-hydrogen) atoms. The topological polar surface area (TPSA) is 0 Å². The first-order valence-electron chi connectivity index (χ1n) is 5.39. The maximum Gasteiger partial charge on any atom is 0 e. The molecule has 0 bridgehead atoms. The zero-order valence-corrected chi connectivity index (χ0v) is 10.0. The summed E-state index contributed by atoms with van der Waals surface area (Å²) in [5, 5.41) is 0. The molecule has 0 aliphatic heterocycles. The van der Waals surface area contributed by atoms with E-state index in [1.807, 2.05) is 0 Å². The molecule has 2 fully saturated rings. The van der Waals surface area contributed by atoms with Gasteiger partial charge >= 0.3 is 0 Å². The zero-order valence-electron chi connectivity index (χ0n) is 8.29. The first kappa shape index (κ1) is 12.6. The molecular formula is C11H22Ru. The second-order valence-corrected chi connectivity index (χ2v) is 4.16. The van der Waals surface area contributed by atoms with E-state index in [-0.39, 0.29) is 19.5 Å². The molecule has 0 aromatic rings. The van der Waals surface area contributed by atoms with E-state index in [9.17, 15) is 0 Å². The Morgan fingerprint density at radius 1 is 0.667 bits per heavy atom. The molecule has 2 rings (SSSR count). The van der Waals surface area contributed by atoms with Gasteiger partial charge in [0, 0.05) is 19.5 Å². The third kappa shape index (κ3) is 6.17. The number of hydrogen-bond acceptors (Lipinski definition) is 0. The van der Waals surface area contributed by atoms with Crippen molar-refractivity contribution >= 4 is 0 Å². The van der Waals surface area contributed by atoms with Crippen molar-refractivity contribution in [3.05, 3.63) is 0 Å². The summed E-state index contributed by atoms with van der Waals surface area (Å²) in [5.41, 5.74) is 0. The van der Waals surface area contributed by atoms with E-state index in [0.29, 0.717) is 0 Å². The van der Waals surface area contributed by atoms with Crippen molar-refractivity contribution < 1.29 is 19.5 Å². The summed E-state index contributed by atoms with van der Waals surface area (Å²) < 4.78 is 0. The summed E-state index contributed by atoms with van der Waals surface area (Å²) in [6, 6.07) is 0. The fraction of sp³-hybridized carbons (Fsp3) is 1.00. The minimum Gasteiger partial charge on any atom is -0.0625 e. The van der Waals surface area contributed by atoms with Crippen LogP contribution in [0.15, 0.2) is 0 Å². The predicted molar refractivity (Wildman–Crippen MR) is 50.7 cm³/mol. The molecule has 0 nitrogen and oxygen atoms in total. The molecule has 1 heteroatoms. The Morgan fingerprint density at radius 3 is 1.17 bits per heavy atom. The number of rotatable bonds is 0. The van der Waals surface area contributed by atoms with Crippen LogP contribution in [0.5, 0.6) is 0 Å². The van der Waals surface area contributed by atoms with Crippen molar-refractivity contribution in [2.24, 2.45) is 5.92 Å². The third-order valence-corrected chi connectivity index (χ3v) is 2.89. The van der Waals surface area contributed by atoms with Gasteiger partial charge in [0.25, 0.3) is 0 Å². The predicted octanol–water partition coefficient (Wildman–Crippen LogP) is 4.14. The van der Waals surface area contributed by atoms with E-state index in [1.165, 1.54) is 57.8 Å². The summed E-state index contributed by atoms with van der Waals surface area (Å²) in [7, 11) is 0. The molecule has 0 unspecified atom stereocenters. The molecule has 0 spiro atoms. The van der Waals surface area contributed by atoms with Crippen LogP contribution in [0.1, 0.15) is 64.7 Å². The molecular weight excluding hydrogens is 233 g/mol. The van der Waals surface area contributed by atoms with E-state index < -0.39 is 0 Å². The van der Waals surface area contributed by atoms with Crippen molar-refractivity contribution in [3.63, 3.8) is 0 Å². The fourth-order valence-electron chi connectivity index (χ4n) is 2.01. The summed E-state index contributed by atoms with van der Waals surface area (Å²) >= 11 is 0. The second kappa shape index (κ2) is 8.23. The summed E-state index contributed by atoms with van der Waals surface area (Å²) in [5.74, 6) is 1.05. The van der Waals surface area contributed by atoms with Crippen molar-refractivity contribution in [2.45, 2.75) is 64.7 Å². The molecule has 0 aromatic carbocycles. The van der Waals surface area contributed by atoms with Crippen molar-refractivity contribution in [1.29, 1.82) is 0 Å². The maximum atomic E-state index is 2.34. The van der Waals surface area contributed by atoms with Gasteiger partial charge in [-0.25, -0.2) is 0 Å². The van der Waals surface area contributed by atoms with Gasteiger partial charge in [-0.2, -0.15) is 0 Å². The normalized spacial score (nSPS) is 22.8. The number of hydrogen-bond donors (Lipinski definition) is 0. The van der Waals surface area contributed by atoms with Gasteiger partial charge in [0.1, 0.15) is 0 Å². The molecule has 0 saturated heterocycles. The average Bonchev–Trinajstić information content (AvgIpc) is 2.57. The van der Waals surface area contributed by atoms with E-state index in [1.54, 1.807) is 0 Å². The van der Waals surface area contributed by atoms with Gasteiger partial charge in [0.2, 0.25) is 0 Å². The van der Waals surface area contributed by atoms with E-state index in [4.69, 9.17) is 0 Å². The van der Waals surface area contributed by atoms with Gasteiger partial charge < -0.3 is 0 Å². The van der Waals surface area contributed by atoms with Crippen molar-refractivity contribution in [1.82, 2.24) is 0 Å². The van der Waals surface area contributed by atoms with Gasteiger partial charge in [-0.1, -0.05) is 64.7 Å². The van der Waals surface area contributed by atoms with E-state index in [0.717, 1.165) is 5.92 Å². The molecule has 2 aliphatic carbocycles. The van der Waals surface area contributed by atoms with Gasteiger partial charge in [-0.05, 0) is 5.92 Å². The smallest absolute Gasteiger partial charge is 0 e. The molecule has 0 N–H and O–H groups in total. The largest absolute Gasteiger partial charge is 0.0625 e. The van der Waals surface area contributed by atoms with Crippen molar-refractivity contribution in [3.8, 4) is 0 Å². The Bertz CT molecular complexity index is 73.4. The van der Waals surface area contributed by atoms with E-state index >= 15 is 0 Å². The monoisotopic (exact) mass is 256 g/mol. The summed E-state index contributed by atoms with van der Waals surface area (Å²) in [6.07, 6.45) is 13.4. The molecule has 2 saturated carbocycles. The molecule has 74 valence electrons. The van der Waals surface area contributed by atoms with Gasteiger partial charge in [-0.3, -0.25) is 0 Å². The molecule has 2 aliphatic rings. The standard InChI is InChI=1S/C6H12.C5H10.Ru/c1-6-4-2-3-5-6;1-2-4-5-3-1;/h6H,2-5H2,1H3;1-5H2;. The third-order valence-electron chi connectivity index (χ3n) is 2.89. The van der Waals surface area contributed by atoms with Crippen LogP contribution < -0.4 is 0 Å². The first-order valence-corrected chi connectivity index (χ1v) is 5.39. The molecule has 0 heterocycles. The van der Waals surface area contributed by atoms with Crippen LogP contribution in [0.4, 0.5) is 0 Å². The fourth-order valence-corrected chi connectivity index (χ4v) is 2.01. The maximum absolute atomic E-state index is 2.34. The zero-order chi connectivity index (χ0) is 7.94. The van der Waals surface area contributed by atoms with Crippen molar-refractivity contribution in [2.75, 3.05) is 0 Å². The Hall–Kier alpha value is 0.623. The van der Waals surface area contributed by atoms with Crippen LogP contribution in [0.3, 0.4) is 0 Å². The Morgan fingerprint density at radius 2 is 1.00 bits per heavy atom. The Labute approximate surface area is 90.3 Å². The second-order valence-electron chi connectivity index (χ2n) is 4.16. The van der Waals surface area contributed by atoms with Crippen LogP contribution in [0.25, 0.3) is 0 Å². The summed E-state index contributed by atoms with van der Waals surface area (Å²) in [4.78, 5) is 0. The van der Waals surface area contributed by atoms with Gasteiger partial charge in [0.15, 0.2) is 0 Å². The minimum absolute atomic E-state index is 0. The van der Waals surface area contributed by atoms with Gasteiger partial charge in [-0.15, -0.1) is 0 Å². The Kier molecular flexibility index (Phi) is 8.66. The first-order chi connectivity index (χ1) is 5.39. The average molecular weight is 255 g/mol. The Balaban J connectivity index is 0.000000189. The molecule has 0 amide bonds. The van der Waals surface area contributed by atoms with Crippen LogP contribution in [0.2, 0.25) is 0 Å². The molecule has 0 atom stereocenters. The van der Waals surface area contributed by atoms with Crippen LogP contribution >= 0.6 is 0 Å². The minimum atomic E-state index is 0. The van der Waals surface area contributed by atoms with E-state index in [2.05, 4.69) is 6.92 Å². The van der Waals surface area contributed by atoms with Crippen LogP contribution in [0, 0.1) is 5.92 Å². The summed E-state index contributed by atoms with van der Waals surface area (Å²) in [6.45, 7) is 2.34. The SMILES string of the molecule is C1CCCC1.CC1CCCC1.[Ru]. The molecule has 0 aromatic heterocycles. The van der Waals surface area contributed by atoms with Crippen LogP contribution in [-0.4, -0.2) is 0 Å².